The molecule has 1 aromatic carbocycles. The monoisotopic (exact) mass is 322 g/mol. The maximum atomic E-state index is 12.0. The van der Waals surface area contributed by atoms with Crippen molar-refractivity contribution in [1.82, 2.24) is 20.1 Å². The molecule has 24 heavy (non-hydrogen) atoms. The van der Waals surface area contributed by atoms with Crippen molar-refractivity contribution < 1.29 is 9.53 Å². The van der Waals surface area contributed by atoms with E-state index >= 15 is 0 Å². The Balaban J connectivity index is 1.61. The molecule has 122 valence electrons. The van der Waals surface area contributed by atoms with Crippen LogP contribution in [0.1, 0.15) is 11.3 Å². The summed E-state index contributed by atoms with van der Waals surface area (Å²) in [6.45, 7) is 2.41. The van der Waals surface area contributed by atoms with Gasteiger partial charge in [0.2, 0.25) is 11.8 Å². The number of aryl methyl sites for hydroxylation is 1. The Morgan fingerprint density at radius 1 is 1.17 bits per heavy atom. The lowest BCUT2D eigenvalue weighted by molar-refractivity contribution is -0.122. The van der Waals surface area contributed by atoms with Crippen LogP contribution in [0.4, 0.5) is 0 Å². The number of amides is 1. The minimum atomic E-state index is -0.118. The Bertz CT molecular complexity index is 815. The summed E-state index contributed by atoms with van der Waals surface area (Å²) in [5.74, 6) is 1.07. The lowest BCUT2D eigenvalue weighted by Gasteiger charge is -2.11. The summed E-state index contributed by atoms with van der Waals surface area (Å²) in [6.07, 6.45) is 3.44. The van der Waals surface area contributed by atoms with Crippen LogP contribution in [0.25, 0.3) is 0 Å². The standard InChI is InChI=1S/C18H18N4O2/c1-14-9-11-22(21-14)13-17(23)20-12-15-6-5-10-19-18(15)24-16-7-3-2-4-8-16/h2-11H,12-13H2,1H3,(H,20,23). The van der Waals surface area contributed by atoms with Gasteiger partial charge in [-0.2, -0.15) is 5.10 Å². The highest BCUT2D eigenvalue weighted by Crippen LogP contribution is 2.22. The summed E-state index contributed by atoms with van der Waals surface area (Å²) < 4.78 is 7.39. The Hall–Kier alpha value is -3.15. The molecular formula is C18H18N4O2. The van der Waals surface area contributed by atoms with Crippen molar-refractivity contribution in [3.63, 3.8) is 0 Å². The van der Waals surface area contributed by atoms with Gasteiger partial charge in [0, 0.05) is 24.5 Å². The molecule has 0 bridgehead atoms. The highest BCUT2D eigenvalue weighted by atomic mass is 16.5. The van der Waals surface area contributed by atoms with Gasteiger partial charge in [0.1, 0.15) is 12.3 Å². The fraction of sp³-hybridized carbons (Fsp3) is 0.167. The van der Waals surface area contributed by atoms with E-state index in [0.717, 1.165) is 11.3 Å². The van der Waals surface area contributed by atoms with Gasteiger partial charge in [-0.3, -0.25) is 9.48 Å². The number of nitrogens with zero attached hydrogens (tertiary/aromatic N) is 3. The predicted molar refractivity (Wildman–Crippen MR) is 89.6 cm³/mol. The minimum Gasteiger partial charge on any atom is -0.439 e. The molecule has 0 saturated carbocycles. The zero-order valence-corrected chi connectivity index (χ0v) is 13.3. The second-order valence-corrected chi connectivity index (χ2v) is 5.31. The first-order chi connectivity index (χ1) is 11.7. The van der Waals surface area contributed by atoms with Crippen molar-refractivity contribution in [2.75, 3.05) is 0 Å². The molecule has 0 aliphatic rings. The lowest BCUT2D eigenvalue weighted by atomic mass is 10.2. The predicted octanol–water partition coefficient (Wildman–Crippen LogP) is 2.70. The number of nitrogens with one attached hydrogen (secondary N) is 1. The van der Waals surface area contributed by atoms with E-state index < -0.39 is 0 Å². The maximum absolute atomic E-state index is 12.0. The zero-order valence-electron chi connectivity index (χ0n) is 13.3. The molecule has 0 saturated heterocycles. The van der Waals surface area contributed by atoms with E-state index in [0.29, 0.717) is 18.2 Å². The third kappa shape index (κ3) is 4.19. The van der Waals surface area contributed by atoms with Gasteiger partial charge in [-0.05, 0) is 31.2 Å². The van der Waals surface area contributed by atoms with Gasteiger partial charge in [-0.25, -0.2) is 4.98 Å². The van der Waals surface area contributed by atoms with Crippen LogP contribution in [-0.2, 0) is 17.9 Å². The van der Waals surface area contributed by atoms with Gasteiger partial charge in [0.25, 0.3) is 0 Å². The van der Waals surface area contributed by atoms with Crippen LogP contribution >= 0.6 is 0 Å². The van der Waals surface area contributed by atoms with Gasteiger partial charge in [0.15, 0.2) is 0 Å². The van der Waals surface area contributed by atoms with Gasteiger partial charge in [0.05, 0.1) is 5.69 Å². The van der Waals surface area contributed by atoms with Gasteiger partial charge in [-0.1, -0.05) is 24.3 Å². The van der Waals surface area contributed by atoms with Crippen molar-refractivity contribution in [2.24, 2.45) is 0 Å². The third-order valence-electron chi connectivity index (χ3n) is 3.36. The fourth-order valence-corrected chi connectivity index (χ4v) is 2.20. The molecule has 0 aliphatic carbocycles. The van der Waals surface area contributed by atoms with Crippen molar-refractivity contribution in [3.05, 3.63) is 72.2 Å². The molecule has 3 aromatic rings. The van der Waals surface area contributed by atoms with Crippen LogP contribution in [-0.4, -0.2) is 20.7 Å². The van der Waals surface area contributed by atoms with Crippen LogP contribution in [0.15, 0.2) is 60.9 Å². The quantitative estimate of drug-likeness (QED) is 0.757. The molecule has 2 aromatic heterocycles. The number of para-hydroxylation sites is 1. The van der Waals surface area contributed by atoms with E-state index in [2.05, 4.69) is 15.4 Å². The molecule has 1 N–H and O–H groups in total. The molecule has 0 radical (unpaired) electrons. The molecule has 1 amide bonds. The number of aromatic nitrogens is 3. The first-order valence-electron chi connectivity index (χ1n) is 7.64. The van der Waals surface area contributed by atoms with Gasteiger partial charge >= 0.3 is 0 Å². The molecule has 0 fully saturated rings. The maximum Gasteiger partial charge on any atom is 0.242 e. The molecule has 0 atom stereocenters. The number of carbonyl (C=O) groups is 1. The molecular weight excluding hydrogens is 304 g/mol. The highest BCUT2D eigenvalue weighted by Gasteiger charge is 2.09. The number of pyridine rings is 1. The Morgan fingerprint density at radius 3 is 2.75 bits per heavy atom. The molecule has 0 aliphatic heterocycles. The third-order valence-corrected chi connectivity index (χ3v) is 3.36. The van der Waals surface area contributed by atoms with Crippen molar-refractivity contribution in [3.8, 4) is 11.6 Å². The smallest absolute Gasteiger partial charge is 0.242 e. The number of hydrogen-bond acceptors (Lipinski definition) is 4. The molecule has 2 heterocycles. The molecule has 0 unspecified atom stereocenters. The highest BCUT2D eigenvalue weighted by molar-refractivity contribution is 5.75. The number of hydrogen-bond donors (Lipinski definition) is 1. The Kier molecular flexibility index (Phi) is 4.86. The Labute approximate surface area is 140 Å². The molecule has 6 heteroatoms. The van der Waals surface area contributed by atoms with Crippen molar-refractivity contribution in [1.29, 1.82) is 0 Å². The van der Waals surface area contributed by atoms with Gasteiger partial charge < -0.3 is 10.1 Å². The summed E-state index contributed by atoms with van der Waals surface area (Å²) in [6, 6.07) is 15.0. The molecule has 3 rings (SSSR count). The summed E-state index contributed by atoms with van der Waals surface area (Å²) in [5.41, 5.74) is 1.69. The van der Waals surface area contributed by atoms with E-state index in [1.54, 1.807) is 17.1 Å². The van der Waals surface area contributed by atoms with E-state index in [1.165, 1.54) is 0 Å². The number of carbonyl (C=O) groups excluding carboxylic acids is 1. The largest absolute Gasteiger partial charge is 0.439 e. The summed E-state index contributed by atoms with van der Waals surface area (Å²) in [5, 5.41) is 7.06. The summed E-state index contributed by atoms with van der Waals surface area (Å²) in [4.78, 5) is 16.3. The van der Waals surface area contributed by atoms with E-state index in [-0.39, 0.29) is 12.5 Å². The lowest BCUT2D eigenvalue weighted by Crippen LogP contribution is -2.27. The Morgan fingerprint density at radius 2 is 2.00 bits per heavy atom. The van der Waals surface area contributed by atoms with Crippen molar-refractivity contribution in [2.45, 2.75) is 20.0 Å². The molecule has 0 spiro atoms. The first-order valence-corrected chi connectivity index (χ1v) is 7.64. The topological polar surface area (TPSA) is 69.0 Å². The number of ether oxygens (including phenoxy) is 1. The minimum absolute atomic E-state index is 0.118. The number of benzene rings is 1. The second-order valence-electron chi connectivity index (χ2n) is 5.31. The van der Waals surface area contributed by atoms with Crippen LogP contribution in [0.5, 0.6) is 11.6 Å². The normalized spacial score (nSPS) is 10.4. The average molecular weight is 322 g/mol. The van der Waals surface area contributed by atoms with Crippen LogP contribution in [0, 0.1) is 6.92 Å². The van der Waals surface area contributed by atoms with Crippen LogP contribution < -0.4 is 10.1 Å². The van der Waals surface area contributed by atoms with Crippen LogP contribution in [0.3, 0.4) is 0 Å². The second kappa shape index (κ2) is 7.41. The van der Waals surface area contributed by atoms with Gasteiger partial charge in [-0.15, -0.1) is 0 Å². The number of rotatable bonds is 6. The zero-order chi connectivity index (χ0) is 16.8. The summed E-state index contributed by atoms with van der Waals surface area (Å²) >= 11 is 0. The van der Waals surface area contributed by atoms with E-state index in [9.17, 15) is 4.79 Å². The molecule has 6 nitrogen and oxygen atoms in total. The SMILES string of the molecule is Cc1ccn(CC(=O)NCc2cccnc2Oc2ccccc2)n1. The first kappa shape index (κ1) is 15.7. The fourth-order valence-electron chi connectivity index (χ4n) is 2.20. The summed E-state index contributed by atoms with van der Waals surface area (Å²) in [7, 11) is 0. The van der Waals surface area contributed by atoms with Crippen molar-refractivity contribution >= 4 is 5.91 Å². The average Bonchev–Trinajstić information content (AvgIpc) is 3.00. The van der Waals surface area contributed by atoms with E-state index in [1.807, 2.05) is 55.5 Å². The van der Waals surface area contributed by atoms with Crippen LogP contribution in [0.2, 0.25) is 0 Å². The van der Waals surface area contributed by atoms with E-state index in [4.69, 9.17) is 4.74 Å².